The first-order valence-corrected chi connectivity index (χ1v) is 5.33. The number of nitrogens with two attached hydrogens (primary N) is 1. The van der Waals surface area contributed by atoms with Gasteiger partial charge in [0.05, 0.1) is 6.04 Å². The minimum absolute atomic E-state index is 0.0467. The summed E-state index contributed by atoms with van der Waals surface area (Å²) in [5.41, 5.74) is 5.57. The molecule has 0 bridgehead atoms. The lowest BCUT2D eigenvalue weighted by molar-refractivity contribution is -0.133. The molecule has 4 heteroatoms. The Kier molecular flexibility index (Phi) is 4.35. The molecule has 2 unspecified atom stereocenters. The van der Waals surface area contributed by atoms with Crippen molar-refractivity contribution in [2.75, 3.05) is 13.2 Å². The molecule has 0 aliphatic carbocycles. The molecule has 0 radical (unpaired) electrons. The van der Waals surface area contributed by atoms with E-state index in [0.29, 0.717) is 6.04 Å². The van der Waals surface area contributed by atoms with E-state index >= 15 is 0 Å². The molecule has 0 aromatic carbocycles. The highest BCUT2D eigenvalue weighted by atomic mass is 16.3. The highest BCUT2D eigenvalue weighted by Crippen LogP contribution is 2.21. The second kappa shape index (κ2) is 5.32. The van der Waals surface area contributed by atoms with Crippen LogP contribution in [0.3, 0.4) is 0 Å². The molecule has 0 aromatic rings. The topological polar surface area (TPSA) is 66.6 Å². The molecule has 1 aliphatic heterocycles. The van der Waals surface area contributed by atoms with Crippen LogP contribution >= 0.6 is 0 Å². The summed E-state index contributed by atoms with van der Waals surface area (Å²) in [4.78, 5) is 13.5. The highest BCUT2D eigenvalue weighted by molar-refractivity contribution is 5.81. The molecule has 1 aliphatic rings. The number of aliphatic hydroxyl groups is 1. The maximum Gasteiger partial charge on any atom is 0.239 e. The van der Waals surface area contributed by atoms with Crippen molar-refractivity contribution in [2.24, 2.45) is 5.73 Å². The molecule has 1 heterocycles. The minimum Gasteiger partial charge on any atom is -0.396 e. The third-order valence-corrected chi connectivity index (χ3v) is 2.75. The molecule has 1 amide bonds. The monoisotopic (exact) mass is 200 g/mol. The van der Waals surface area contributed by atoms with Gasteiger partial charge in [0.15, 0.2) is 0 Å². The van der Waals surface area contributed by atoms with Crippen molar-refractivity contribution < 1.29 is 9.90 Å². The van der Waals surface area contributed by atoms with Crippen molar-refractivity contribution in [1.82, 2.24) is 4.90 Å². The van der Waals surface area contributed by atoms with E-state index in [1.54, 1.807) is 6.92 Å². The molecule has 1 fully saturated rings. The zero-order chi connectivity index (χ0) is 10.6. The Morgan fingerprint density at radius 1 is 1.71 bits per heavy atom. The molecular weight excluding hydrogens is 180 g/mol. The molecule has 2 atom stereocenters. The minimum atomic E-state index is -0.398. The second-order valence-corrected chi connectivity index (χ2v) is 3.98. The summed E-state index contributed by atoms with van der Waals surface area (Å²) in [5.74, 6) is 0.0467. The number of carbonyl (C=O) groups excluding carboxylic acids is 1. The standard InChI is InChI=1S/C10H20N2O2/c1-8(11)10(14)12-6-2-4-9(12)5-3-7-13/h8-9,13H,2-7,11H2,1H3. The van der Waals surface area contributed by atoms with Gasteiger partial charge in [0, 0.05) is 19.2 Å². The summed E-state index contributed by atoms with van der Waals surface area (Å²) in [7, 11) is 0. The van der Waals surface area contributed by atoms with Crippen LogP contribution in [0, 0.1) is 0 Å². The largest absolute Gasteiger partial charge is 0.396 e. The Bertz CT molecular complexity index is 195. The molecule has 0 aromatic heterocycles. The summed E-state index contributed by atoms with van der Waals surface area (Å²) in [5, 5.41) is 8.73. The second-order valence-electron chi connectivity index (χ2n) is 3.98. The molecule has 1 saturated heterocycles. The fourth-order valence-electron chi connectivity index (χ4n) is 2.01. The normalized spacial score (nSPS) is 23.9. The number of rotatable bonds is 4. The van der Waals surface area contributed by atoms with Crippen LogP contribution in [0.4, 0.5) is 0 Å². The molecule has 0 spiro atoms. The van der Waals surface area contributed by atoms with Gasteiger partial charge in [0.1, 0.15) is 0 Å². The zero-order valence-corrected chi connectivity index (χ0v) is 8.78. The number of hydrogen-bond acceptors (Lipinski definition) is 3. The fraction of sp³-hybridized carbons (Fsp3) is 0.900. The Hall–Kier alpha value is -0.610. The number of hydrogen-bond donors (Lipinski definition) is 2. The average Bonchev–Trinajstić information content (AvgIpc) is 2.61. The van der Waals surface area contributed by atoms with Crippen molar-refractivity contribution in [3.63, 3.8) is 0 Å². The molecule has 1 rings (SSSR count). The SMILES string of the molecule is CC(N)C(=O)N1CCCC1CCCO. The lowest BCUT2D eigenvalue weighted by atomic mass is 10.1. The Labute approximate surface area is 85.1 Å². The van der Waals surface area contributed by atoms with Gasteiger partial charge < -0.3 is 15.7 Å². The van der Waals surface area contributed by atoms with E-state index in [1.807, 2.05) is 4.90 Å². The van der Waals surface area contributed by atoms with E-state index in [-0.39, 0.29) is 12.5 Å². The van der Waals surface area contributed by atoms with Gasteiger partial charge in [-0.05, 0) is 32.6 Å². The molecule has 3 N–H and O–H groups in total. The molecule has 4 nitrogen and oxygen atoms in total. The maximum absolute atomic E-state index is 11.7. The summed E-state index contributed by atoms with van der Waals surface area (Å²) in [6.07, 6.45) is 3.79. The number of likely N-dealkylation sites (tertiary alicyclic amines) is 1. The third-order valence-electron chi connectivity index (χ3n) is 2.75. The van der Waals surface area contributed by atoms with Gasteiger partial charge in [0.2, 0.25) is 5.91 Å². The van der Waals surface area contributed by atoms with Crippen molar-refractivity contribution in [1.29, 1.82) is 0 Å². The molecular formula is C10H20N2O2. The lowest BCUT2D eigenvalue weighted by Gasteiger charge is -2.26. The van der Waals surface area contributed by atoms with Gasteiger partial charge in [-0.15, -0.1) is 0 Å². The van der Waals surface area contributed by atoms with Crippen LogP contribution in [0.5, 0.6) is 0 Å². The van der Waals surface area contributed by atoms with E-state index in [0.717, 1.165) is 32.2 Å². The van der Waals surface area contributed by atoms with Crippen LogP contribution in [0.1, 0.15) is 32.6 Å². The first-order valence-electron chi connectivity index (χ1n) is 5.33. The Morgan fingerprint density at radius 2 is 2.43 bits per heavy atom. The van der Waals surface area contributed by atoms with Gasteiger partial charge in [-0.2, -0.15) is 0 Å². The lowest BCUT2D eigenvalue weighted by Crippen LogP contribution is -2.44. The van der Waals surface area contributed by atoms with Crippen LogP contribution in [0.2, 0.25) is 0 Å². The van der Waals surface area contributed by atoms with Gasteiger partial charge in [0.25, 0.3) is 0 Å². The van der Waals surface area contributed by atoms with Crippen LogP contribution in [0.15, 0.2) is 0 Å². The van der Waals surface area contributed by atoms with E-state index in [2.05, 4.69) is 0 Å². The third kappa shape index (κ3) is 2.69. The van der Waals surface area contributed by atoms with E-state index in [9.17, 15) is 4.79 Å². The smallest absolute Gasteiger partial charge is 0.239 e. The predicted octanol–water partition coefficient (Wildman–Crippen LogP) is 0.0971. The fourth-order valence-corrected chi connectivity index (χ4v) is 2.01. The van der Waals surface area contributed by atoms with Gasteiger partial charge >= 0.3 is 0 Å². The van der Waals surface area contributed by atoms with Crippen LogP contribution in [-0.4, -0.2) is 41.1 Å². The van der Waals surface area contributed by atoms with Crippen molar-refractivity contribution in [3.05, 3.63) is 0 Å². The quantitative estimate of drug-likeness (QED) is 0.676. The molecule has 14 heavy (non-hydrogen) atoms. The summed E-state index contributed by atoms with van der Waals surface area (Å²) >= 11 is 0. The van der Waals surface area contributed by atoms with Crippen molar-refractivity contribution in [3.8, 4) is 0 Å². The van der Waals surface area contributed by atoms with E-state index in [4.69, 9.17) is 10.8 Å². The van der Waals surface area contributed by atoms with Crippen molar-refractivity contribution >= 4 is 5.91 Å². The van der Waals surface area contributed by atoms with Gasteiger partial charge in [-0.1, -0.05) is 0 Å². The van der Waals surface area contributed by atoms with Gasteiger partial charge in [-0.25, -0.2) is 0 Å². The summed E-state index contributed by atoms with van der Waals surface area (Å²) in [6.45, 7) is 2.76. The van der Waals surface area contributed by atoms with E-state index in [1.165, 1.54) is 0 Å². The first-order chi connectivity index (χ1) is 6.66. The highest BCUT2D eigenvalue weighted by Gasteiger charge is 2.29. The van der Waals surface area contributed by atoms with Crippen LogP contribution in [0.25, 0.3) is 0 Å². The zero-order valence-electron chi connectivity index (χ0n) is 8.78. The first kappa shape index (κ1) is 11.5. The maximum atomic E-state index is 11.7. The molecule has 0 saturated carbocycles. The molecule has 82 valence electrons. The summed E-state index contributed by atoms with van der Waals surface area (Å²) in [6, 6.07) is -0.0922. The number of amides is 1. The Balaban J connectivity index is 2.46. The van der Waals surface area contributed by atoms with Crippen LogP contribution in [-0.2, 0) is 4.79 Å². The number of nitrogens with zero attached hydrogens (tertiary/aromatic N) is 1. The summed E-state index contributed by atoms with van der Waals surface area (Å²) < 4.78 is 0. The number of carbonyl (C=O) groups is 1. The Morgan fingerprint density at radius 3 is 3.00 bits per heavy atom. The van der Waals surface area contributed by atoms with Gasteiger partial charge in [-0.3, -0.25) is 4.79 Å². The van der Waals surface area contributed by atoms with E-state index < -0.39 is 6.04 Å². The van der Waals surface area contributed by atoms with Crippen LogP contribution < -0.4 is 5.73 Å². The predicted molar refractivity (Wildman–Crippen MR) is 54.7 cm³/mol. The average molecular weight is 200 g/mol. The van der Waals surface area contributed by atoms with Crippen molar-refractivity contribution in [2.45, 2.75) is 44.7 Å². The number of aliphatic hydroxyl groups excluding tert-OH is 1.